The van der Waals surface area contributed by atoms with Gasteiger partial charge in [-0.15, -0.1) is 0 Å². The summed E-state index contributed by atoms with van der Waals surface area (Å²) in [5.41, 5.74) is 9.99. The third kappa shape index (κ3) is 2.08. The molecular formula is C16H18N4. The summed E-state index contributed by atoms with van der Waals surface area (Å²) >= 11 is 0. The molecule has 2 aromatic heterocycles. The molecule has 0 spiro atoms. The van der Waals surface area contributed by atoms with E-state index in [9.17, 15) is 0 Å². The van der Waals surface area contributed by atoms with Crippen molar-refractivity contribution in [1.29, 1.82) is 0 Å². The topological polar surface area (TPSA) is 56.7 Å². The van der Waals surface area contributed by atoms with E-state index in [1.54, 1.807) is 6.20 Å². The van der Waals surface area contributed by atoms with E-state index in [1.807, 2.05) is 51.4 Å². The summed E-state index contributed by atoms with van der Waals surface area (Å²) in [5, 5.41) is 0. The second kappa shape index (κ2) is 4.42. The van der Waals surface area contributed by atoms with Crippen molar-refractivity contribution in [2.24, 2.45) is 12.8 Å². The van der Waals surface area contributed by atoms with Crippen LogP contribution in [0.1, 0.15) is 19.4 Å². The predicted octanol–water partition coefficient (Wildman–Crippen LogP) is 2.83. The molecule has 4 heteroatoms. The number of aryl methyl sites for hydroxylation is 1. The van der Waals surface area contributed by atoms with Crippen LogP contribution in [0.2, 0.25) is 0 Å². The zero-order valence-corrected chi connectivity index (χ0v) is 12.0. The van der Waals surface area contributed by atoms with Crippen LogP contribution >= 0.6 is 0 Å². The van der Waals surface area contributed by atoms with Crippen molar-refractivity contribution in [2.75, 3.05) is 0 Å². The third-order valence-electron chi connectivity index (χ3n) is 3.54. The first-order valence-electron chi connectivity index (χ1n) is 6.63. The molecule has 4 nitrogen and oxygen atoms in total. The molecule has 2 heterocycles. The molecule has 2 N–H and O–H groups in total. The lowest BCUT2D eigenvalue weighted by Crippen LogP contribution is -2.28. The molecule has 0 atom stereocenters. The van der Waals surface area contributed by atoms with E-state index in [0.717, 1.165) is 28.0 Å². The first-order valence-corrected chi connectivity index (χ1v) is 6.63. The number of aromatic nitrogens is 3. The van der Waals surface area contributed by atoms with Gasteiger partial charge in [-0.05, 0) is 43.7 Å². The second-order valence-electron chi connectivity index (χ2n) is 5.66. The first-order chi connectivity index (χ1) is 9.47. The molecule has 0 fully saturated rings. The van der Waals surface area contributed by atoms with Crippen LogP contribution in [0.3, 0.4) is 0 Å². The zero-order valence-electron chi connectivity index (χ0n) is 12.0. The molecule has 0 aliphatic heterocycles. The van der Waals surface area contributed by atoms with Crippen molar-refractivity contribution in [1.82, 2.24) is 14.5 Å². The summed E-state index contributed by atoms with van der Waals surface area (Å²) in [4.78, 5) is 8.84. The minimum atomic E-state index is -0.354. The Morgan fingerprint density at radius 3 is 2.65 bits per heavy atom. The highest BCUT2D eigenvalue weighted by atomic mass is 15.1. The minimum absolute atomic E-state index is 0.354. The molecule has 1 aromatic carbocycles. The van der Waals surface area contributed by atoms with Crippen LogP contribution in [0.25, 0.3) is 22.4 Å². The summed E-state index contributed by atoms with van der Waals surface area (Å²) in [6.45, 7) is 4.01. The molecule has 20 heavy (non-hydrogen) atoms. The van der Waals surface area contributed by atoms with Crippen molar-refractivity contribution < 1.29 is 0 Å². The number of nitrogens with two attached hydrogens (primary N) is 1. The molecule has 0 radical (unpaired) electrons. The second-order valence-corrected chi connectivity index (χ2v) is 5.66. The Bertz CT molecular complexity index is 751. The Hall–Kier alpha value is -2.20. The van der Waals surface area contributed by atoms with Gasteiger partial charge in [-0.2, -0.15) is 0 Å². The van der Waals surface area contributed by atoms with Crippen molar-refractivity contribution in [3.63, 3.8) is 0 Å². The number of fused-ring (bicyclic) bond motifs is 1. The Balaban J connectivity index is 2.21. The lowest BCUT2D eigenvalue weighted by Gasteiger charge is -2.19. The molecule has 0 aliphatic carbocycles. The van der Waals surface area contributed by atoms with Crippen molar-refractivity contribution in [3.05, 3.63) is 48.3 Å². The highest BCUT2D eigenvalue weighted by Crippen LogP contribution is 2.26. The highest BCUT2D eigenvalue weighted by Gasteiger charge is 2.17. The van der Waals surface area contributed by atoms with Gasteiger partial charge in [0.2, 0.25) is 0 Å². The van der Waals surface area contributed by atoms with Crippen LogP contribution in [0.4, 0.5) is 0 Å². The summed E-state index contributed by atoms with van der Waals surface area (Å²) < 4.78 is 2.08. The zero-order chi connectivity index (χ0) is 14.3. The first kappa shape index (κ1) is 12.8. The highest BCUT2D eigenvalue weighted by molar-refractivity contribution is 5.81. The Morgan fingerprint density at radius 2 is 2.00 bits per heavy atom. The molecule has 0 saturated carbocycles. The normalized spacial score (nSPS) is 12.0. The molecule has 0 saturated heterocycles. The Morgan fingerprint density at radius 1 is 1.20 bits per heavy atom. The van der Waals surface area contributed by atoms with Gasteiger partial charge in [0.25, 0.3) is 0 Å². The van der Waals surface area contributed by atoms with Gasteiger partial charge < -0.3 is 10.3 Å². The average molecular weight is 266 g/mol. The summed E-state index contributed by atoms with van der Waals surface area (Å²) in [6, 6.07) is 10.1. The number of hydrogen-bond acceptors (Lipinski definition) is 3. The average Bonchev–Trinajstić information content (AvgIpc) is 2.76. The monoisotopic (exact) mass is 266 g/mol. The van der Waals surface area contributed by atoms with Gasteiger partial charge in [0, 0.05) is 30.5 Å². The van der Waals surface area contributed by atoms with Crippen molar-refractivity contribution >= 4 is 11.0 Å². The maximum Gasteiger partial charge on any atom is 0.142 e. The van der Waals surface area contributed by atoms with Crippen molar-refractivity contribution in [2.45, 2.75) is 19.4 Å². The number of imidazole rings is 1. The number of rotatable bonds is 2. The molecule has 0 bridgehead atoms. The lowest BCUT2D eigenvalue weighted by atomic mass is 9.95. The maximum absolute atomic E-state index is 6.18. The molecule has 102 valence electrons. The van der Waals surface area contributed by atoms with Gasteiger partial charge in [-0.3, -0.25) is 4.98 Å². The Labute approximate surface area is 118 Å². The van der Waals surface area contributed by atoms with Crippen LogP contribution < -0.4 is 5.73 Å². The van der Waals surface area contributed by atoms with Crippen LogP contribution in [0.15, 0.2) is 42.7 Å². The van der Waals surface area contributed by atoms with Gasteiger partial charge >= 0.3 is 0 Å². The van der Waals surface area contributed by atoms with Crippen LogP contribution in [-0.2, 0) is 12.6 Å². The summed E-state index contributed by atoms with van der Waals surface area (Å²) in [5.74, 6) is 0.917. The number of nitrogens with zero attached hydrogens (tertiary/aromatic N) is 3. The standard InChI is InChI=1S/C16H18N4/c1-16(2,17)12-6-7-13-14(9-12)20(3)15(19-13)11-5-4-8-18-10-11/h4-10H,17H2,1-3H3. The lowest BCUT2D eigenvalue weighted by molar-refractivity contribution is 0.555. The van der Waals surface area contributed by atoms with E-state index >= 15 is 0 Å². The van der Waals surface area contributed by atoms with Gasteiger partial charge in [0.1, 0.15) is 5.82 Å². The largest absolute Gasteiger partial charge is 0.327 e. The van der Waals surface area contributed by atoms with Gasteiger partial charge in [0.15, 0.2) is 0 Å². The van der Waals surface area contributed by atoms with Crippen LogP contribution in [0.5, 0.6) is 0 Å². The van der Waals surface area contributed by atoms with E-state index in [4.69, 9.17) is 5.73 Å². The van der Waals surface area contributed by atoms with Crippen LogP contribution in [-0.4, -0.2) is 14.5 Å². The summed E-state index contributed by atoms with van der Waals surface area (Å²) in [7, 11) is 2.02. The third-order valence-corrected chi connectivity index (χ3v) is 3.54. The fourth-order valence-electron chi connectivity index (χ4n) is 2.34. The quantitative estimate of drug-likeness (QED) is 0.776. The maximum atomic E-state index is 6.18. The molecule has 3 rings (SSSR count). The fraction of sp³-hybridized carbons (Fsp3) is 0.250. The summed E-state index contributed by atoms with van der Waals surface area (Å²) in [6.07, 6.45) is 3.59. The molecule has 0 aliphatic rings. The molecular weight excluding hydrogens is 248 g/mol. The van der Waals surface area contributed by atoms with Crippen molar-refractivity contribution in [3.8, 4) is 11.4 Å². The predicted molar refractivity (Wildman–Crippen MR) is 81.2 cm³/mol. The smallest absolute Gasteiger partial charge is 0.142 e. The van der Waals surface area contributed by atoms with Gasteiger partial charge in [0.05, 0.1) is 11.0 Å². The number of benzene rings is 1. The minimum Gasteiger partial charge on any atom is -0.327 e. The van der Waals surface area contributed by atoms with Gasteiger partial charge in [-0.25, -0.2) is 4.98 Å². The van der Waals surface area contributed by atoms with Gasteiger partial charge in [-0.1, -0.05) is 6.07 Å². The molecule has 3 aromatic rings. The SMILES string of the molecule is Cn1c(-c2cccnc2)nc2ccc(C(C)(C)N)cc21. The van der Waals surface area contributed by atoms with E-state index in [1.165, 1.54) is 0 Å². The number of pyridine rings is 1. The van der Waals surface area contributed by atoms with E-state index in [2.05, 4.69) is 20.6 Å². The van der Waals surface area contributed by atoms with E-state index in [-0.39, 0.29) is 5.54 Å². The molecule has 0 unspecified atom stereocenters. The van der Waals surface area contributed by atoms with E-state index in [0.29, 0.717) is 0 Å². The Kier molecular flexibility index (Phi) is 2.83. The van der Waals surface area contributed by atoms with E-state index < -0.39 is 0 Å². The number of hydrogen-bond donors (Lipinski definition) is 1. The fourth-order valence-corrected chi connectivity index (χ4v) is 2.34. The molecule has 0 amide bonds. The van der Waals surface area contributed by atoms with Crippen LogP contribution in [0, 0.1) is 0 Å².